The average Bonchev–Trinajstić information content (AvgIpc) is 2.89. The summed E-state index contributed by atoms with van der Waals surface area (Å²) in [5.41, 5.74) is 0. The van der Waals surface area contributed by atoms with Crippen molar-refractivity contribution in [1.82, 2.24) is 10.6 Å². The van der Waals surface area contributed by atoms with Gasteiger partial charge in [0, 0.05) is 18.6 Å². The minimum atomic E-state index is 0.219. The lowest BCUT2D eigenvalue weighted by Crippen LogP contribution is -2.44. The number of piperidine rings is 1. The second-order valence-corrected chi connectivity index (χ2v) is 4.37. The van der Waals surface area contributed by atoms with Crippen LogP contribution in [0.25, 0.3) is 0 Å². The molecule has 3 heteroatoms. The van der Waals surface area contributed by atoms with Crippen molar-refractivity contribution in [2.75, 3.05) is 6.54 Å². The van der Waals surface area contributed by atoms with E-state index < -0.39 is 0 Å². The molecule has 1 aliphatic carbocycles. The molecular weight excluding hydrogens is 164 g/mol. The van der Waals surface area contributed by atoms with Gasteiger partial charge in [-0.05, 0) is 32.6 Å². The van der Waals surface area contributed by atoms with Crippen molar-refractivity contribution in [2.24, 2.45) is 5.92 Å². The predicted octanol–water partition coefficient (Wildman–Crippen LogP) is 0.653. The fourth-order valence-electron chi connectivity index (χ4n) is 1.77. The third-order valence-electron chi connectivity index (χ3n) is 2.96. The van der Waals surface area contributed by atoms with Gasteiger partial charge in [-0.2, -0.15) is 0 Å². The average molecular weight is 182 g/mol. The fraction of sp³-hybridized carbons (Fsp3) is 0.900. The first-order valence-electron chi connectivity index (χ1n) is 5.29. The topological polar surface area (TPSA) is 41.1 Å². The molecule has 2 aliphatic rings. The van der Waals surface area contributed by atoms with Crippen LogP contribution >= 0.6 is 0 Å². The van der Waals surface area contributed by atoms with Crippen LogP contribution in [0.5, 0.6) is 0 Å². The molecule has 3 nitrogen and oxygen atoms in total. The van der Waals surface area contributed by atoms with E-state index >= 15 is 0 Å². The van der Waals surface area contributed by atoms with Crippen molar-refractivity contribution in [1.29, 1.82) is 0 Å². The maximum atomic E-state index is 11.6. The molecule has 0 unspecified atom stereocenters. The molecule has 0 aromatic rings. The first-order chi connectivity index (χ1) is 6.25. The molecule has 0 aromatic heterocycles. The summed E-state index contributed by atoms with van der Waals surface area (Å²) in [7, 11) is 0. The zero-order chi connectivity index (χ0) is 9.26. The van der Waals surface area contributed by atoms with Gasteiger partial charge in [0.15, 0.2) is 0 Å². The highest BCUT2D eigenvalue weighted by Gasteiger charge is 2.29. The van der Waals surface area contributed by atoms with Gasteiger partial charge in [-0.15, -0.1) is 0 Å². The number of hydrogen-bond donors (Lipinski definition) is 2. The molecule has 2 N–H and O–H groups in total. The summed E-state index contributed by atoms with van der Waals surface area (Å²) < 4.78 is 0. The third kappa shape index (κ3) is 2.44. The van der Waals surface area contributed by atoms with Gasteiger partial charge in [0.1, 0.15) is 0 Å². The van der Waals surface area contributed by atoms with E-state index in [4.69, 9.17) is 0 Å². The molecule has 1 heterocycles. The van der Waals surface area contributed by atoms with Crippen molar-refractivity contribution in [3.63, 3.8) is 0 Å². The standard InChI is InChI=1S/C10H18N2O/c1-7-2-3-8(6-11-7)10(13)12-9-4-5-9/h7-9,11H,2-6H2,1H3,(H,12,13)/t7-,8-/m1/s1. The Kier molecular flexibility index (Phi) is 2.54. The Morgan fingerprint density at radius 2 is 2.08 bits per heavy atom. The van der Waals surface area contributed by atoms with E-state index in [0.29, 0.717) is 12.1 Å². The van der Waals surface area contributed by atoms with E-state index in [2.05, 4.69) is 17.6 Å². The van der Waals surface area contributed by atoms with Crippen LogP contribution in [0.2, 0.25) is 0 Å². The highest BCUT2D eigenvalue weighted by molar-refractivity contribution is 5.79. The van der Waals surface area contributed by atoms with Crippen molar-refractivity contribution in [2.45, 2.75) is 44.7 Å². The maximum Gasteiger partial charge on any atom is 0.224 e. The fourth-order valence-corrected chi connectivity index (χ4v) is 1.77. The molecule has 0 radical (unpaired) electrons. The zero-order valence-electron chi connectivity index (χ0n) is 8.18. The number of rotatable bonds is 2. The quantitative estimate of drug-likeness (QED) is 0.658. The molecule has 0 aromatic carbocycles. The lowest BCUT2D eigenvalue weighted by molar-refractivity contribution is -0.125. The van der Waals surface area contributed by atoms with Crippen molar-refractivity contribution in [3.05, 3.63) is 0 Å². The molecule has 0 spiro atoms. The van der Waals surface area contributed by atoms with Gasteiger partial charge in [-0.1, -0.05) is 0 Å². The lowest BCUT2D eigenvalue weighted by atomic mass is 9.95. The second kappa shape index (κ2) is 3.66. The van der Waals surface area contributed by atoms with E-state index in [1.54, 1.807) is 0 Å². The number of amides is 1. The second-order valence-electron chi connectivity index (χ2n) is 4.37. The highest BCUT2D eigenvalue weighted by Crippen LogP contribution is 2.21. The predicted molar refractivity (Wildman–Crippen MR) is 51.4 cm³/mol. The van der Waals surface area contributed by atoms with Gasteiger partial charge >= 0.3 is 0 Å². The molecule has 2 rings (SSSR count). The third-order valence-corrected chi connectivity index (χ3v) is 2.96. The van der Waals surface area contributed by atoms with Gasteiger partial charge in [0.05, 0.1) is 5.92 Å². The first kappa shape index (κ1) is 9.00. The minimum Gasteiger partial charge on any atom is -0.353 e. The van der Waals surface area contributed by atoms with Crippen LogP contribution in [-0.4, -0.2) is 24.5 Å². The molecule has 1 aliphatic heterocycles. The number of nitrogens with one attached hydrogen (secondary N) is 2. The van der Waals surface area contributed by atoms with Crippen LogP contribution in [0.3, 0.4) is 0 Å². The SMILES string of the molecule is C[C@@H]1CC[C@@H](C(=O)NC2CC2)CN1. The molecule has 1 saturated carbocycles. The molecule has 13 heavy (non-hydrogen) atoms. The largest absolute Gasteiger partial charge is 0.353 e. The lowest BCUT2D eigenvalue weighted by Gasteiger charge is -2.26. The van der Waals surface area contributed by atoms with Crippen molar-refractivity contribution in [3.8, 4) is 0 Å². The summed E-state index contributed by atoms with van der Waals surface area (Å²) in [6.07, 6.45) is 4.54. The Balaban J connectivity index is 1.75. The summed E-state index contributed by atoms with van der Waals surface area (Å²) in [5, 5.41) is 6.41. The maximum absolute atomic E-state index is 11.6. The molecular formula is C10H18N2O. The summed E-state index contributed by atoms with van der Waals surface area (Å²) in [6.45, 7) is 3.04. The van der Waals surface area contributed by atoms with Crippen molar-refractivity contribution >= 4 is 5.91 Å². The van der Waals surface area contributed by atoms with E-state index in [0.717, 1.165) is 19.4 Å². The van der Waals surface area contributed by atoms with Gasteiger partial charge in [0.25, 0.3) is 0 Å². The number of carbonyl (C=O) groups is 1. The monoisotopic (exact) mass is 182 g/mol. The number of carbonyl (C=O) groups excluding carboxylic acids is 1. The summed E-state index contributed by atoms with van der Waals surface area (Å²) in [6, 6.07) is 1.09. The van der Waals surface area contributed by atoms with Crippen LogP contribution < -0.4 is 10.6 Å². The number of hydrogen-bond acceptors (Lipinski definition) is 2. The Bertz CT molecular complexity index is 193. The van der Waals surface area contributed by atoms with E-state index in [1.807, 2.05) is 0 Å². The van der Waals surface area contributed by atoms with Crippen LogP contribution in [0.15, 0.2) is 0 Å². The van der Waals surface area contributed by atoms with Crippen LogP contribution in [0.4, 0.5) is 0 Å². The first-order valence-corrected chi connectivity index (χ1v) is 5.29. The highest BCUT2D eigenvalue weighted by atomic mass is 16.2. The molecule has 1 amide bonds. The summed E-state index contributed by atoms with van der Waals surface area (Å²) in [5.74, 6) is 0.485. The van der Waals surface area contributed by atoms with Gasteiger partial charge < -0.3 is 10.6 Å². The van der Waals surface area contributed by atoms with Gasteiger partial charge in [-0.25, -0.2) is 0 Å². The Morgan fingerprint density at radius 1 is 1.31 bits per heavy atom. The van der Waals surface area contributed by atoms with E-state index in [1.165, 1.54) is 12.8 Å². The Labute approximate surface area is 79.3 Å². The minimum absolute atomic E-state index is 0.219. The molecule has 2 fully saturated rings. The van der Waals surface area contributed by atoms with Crippen molar-refractivity contribution < 1.29 is 4.79 Å². The van der Waals surface area contributed by atoms with Gasteiger partial charge in [-0.3, -0.25) is 4.79 Å². The van der Waals surface area contributed by atoms with Gasteiger partial charge in [0.2, 0.25) is 5.91 Å². The van der Waals surface area contributed by atoms with Crippen LogP contribution in [-0.2, 0) is 4.79 Å². The Morgan fingerprint density at radius 3 is 2.62 bits per heavy atom. The normalized spacial score (nSPS) is 34.2. The van der Waals surface area contributed by atoms with E-state index in [-0.39, 0.29) is 11.8 Å². The van der Waals surface area contributed by atoms with E-state index in [9.17, 15) is 4.79 Å². The molecule has 74 valence electrons. The molecule has 0 bridgehead atoms. The van der Waals surface area contributed by atoms with Crippen LogP contribution in [0.1, 0.15) is 32.6 Å². The zero-order valence-corrected chi connectivity index (χ0v) is 8.18. The summed E-state index contributed by atoms with van der Waals surface area (Å²) in [4.78, 5) is 11.6. The Hall–Kier alpha value is -0.570. The summed E-state index contributed by atoms with van der Waals surface area (Å²) >= 11 is 0. The smallest absolute Gasteiger partial charge is 0.224 e. The van der Waals surface area contributed by atoms with Crippen LogP contribution in [0, 0.1) is 5.92 Å². The molecule has 2 atom stereocenters. The molecule has 1 saturated heterocycles.